The molecule has 0 aliphatic heterocycles. The lowest BCUT2D eigenvalue weighted by molar-refractivity contribution is 0.329. The maximum Gasteiger partial charge on any atom is 0.0176 e. The van der Waals surface area contributed by atoms with Gasteiger partial charge >= 0.3 is 0 Å². The highest BCUT2D eigenvalue weighted by Gasteiger charge is 2.56. The van der Waals surface area contributed by atoms with E-state index < -0.39 is 0 Å². The van der Waals surface area contributed by atoms with Gasteiger partial charge in [-0.3, -0.25) is 0 Å². The number of hydrogen-bond donors (Lipinski definition) is 2. The van der Waals surface area contributed by atoms with E-state index in [0.29, 0.717) is 17.5 Å². The predicted octanol–water partition coefficient (Wildman–Crippen LogP) is 2.89. The summed E-state index contributed by atoms with van der Waals surface area (Å²) >= 11 is 0. The molecule has 0 aromatic heterocycles. The van der Waals surface area contributed by atoms with Gasteiger partial charge in [-0.1, -0.05) is 24.3 Å². The number of hydrogen-bond acceptors (Lipinski definition) is 2. The van der Waals surface area contributed by atoms with Gasteiger partial charge in [0.05, 0.1) is 0 Å². The molecule has 2 nitrogen and oxygen atoms in total. The molecule has 2 saturated carbocycles. The van der Waals surface area contributed by atoms with Crippen molar-refractivity contribution >= 4 is 0 Å². The van der Waals surface area contributed by atoms with Gasteiger partial charge in [0.2, 0.25) is 0 Å². The van der Waals surface area contributed by atoms with Crippen LogP contribution in [0.3, 0.4) is 0 Å². The average Bonchev–Trinajstić information content (AvgIpc) is 3.15. The van der Waals surface area contributed by atoms with Crippen LogP contribution in [0, 0.1) is 0 Å². The maximum absolute atomic E-state index is 6.02. The molecule has 0 saturated heterocycles. The van der Waals surface area contributed by atoms with E-state index in [1.165, 1.54) is 51.4 Å². The lowest BCUT2D eigenvalue weighted by atomic mass is 9.79. The van der Waals surface area contributed by atoms with E-state index in [9.17, 15) is 0 Å². The first-order valence-electron chi connectivity index (χ1n) is 8.38. The molecule has 1 aromatic carbocycles. The van der Waals surface area contributed by atoms with Crippen molar-refractivity contribution in [3.8, 4) is 0 Å². The molecule has 2 fully saturated rings. The zero-order valence-corrected chi connectivity index (χ0v) is 12.3. The number of nitrogens with two attached hydrogens (primary N) is 1. The second-order valence-electron chi connectivity index (χ2n) is 7.20. The number of rotatable bonds is 2. The van der Waals surface area contributed by atoms with E-state index in [4.69, 9.17) is 5.73 Å². The van der Waals surface area contributed by atoms with Crippen LogP contribution < -0.4 is 11.1 Å². The minimum atomic E-state index is 0.455. The van der Waals surface area contributed by atoms with Crippen LogP contribution in [0.2, 0.25) is 0 Å². The highest BCUT2D eigenvalue weighted by atomic mass is 15.0. The molecule has 0 heterocycles. The molecule has 1 spiro atoms. The lowest BCUT2D eigenvalue weighted by Crippen LogP contribution is -2.40. The normalized spacial score (nSPS) is 39.5. The Hall–Kier alpha value is -0.860. The fourth-order valence-electron chi connectivity index (χ4n) is 4.62. The van der Waals surface area contributed by atoms with Gasteiger partial charge in [0.15, 0.2) is 0 Å². The van der Waals surface area contributed by atoms with Crippen molar-refractivity contribution in [2.24, 2.45) is 5.73 Å². The maximum atomic E-state index is 6.02. The van der Waals surface area contributed by atoms with Crippen LogP contribution in [0.4, 0.5) is 0 Å². The standard InChI is InChI=1S/C18H26N2/c19-14-7-9-15(10-8-14)20-17-12-18(17)11-3-5-13-4-1-2-6-16(13)18/h1-2,4,6,14-15,17,20H,3,5,7-12,19H2/t14-,15+,17-,18+/m1/s1. The summed E-state index contributed by atoms with van der Waals surface area (Å²) < 4.78 is 0. The SMILES string of the molecule is N[C@H]1CC[C@@H](N[C@@H]2C[C@]23CCCc2ccccc23)CC1. The van der Waals surface area contributed by atoms with Crippen LogP contribution in [0.1, 0.15) is 56.1 Å². The molecule has 2 heteroatoms. The van der Waals surface area contributed by atoms with E-state index in [1.54, 1.807) is 11.1 Å². The summed E-state index contributed by atoms with van der Waals surface area (Å²) in [6.07, 6.45) is 10.3. The van der Waals surface area contributed by atoms with E-state index in [0.717, 1.165) is 6.04 Å². The number of aryl methyl sites for hydroxylation is 1. The van der Waals surface area contributed by atoms with Gasteiger partial charge in [-0.2, -0.15) is 0 Å². The molecule has 1 aromatic rings. The molecule has 0 radical (unpaired) electrons. The minimum absolute atomic E-state index is 0.455. The predicted molar refractivity (Wildman–Crippen MR) is 82.8 cm³/mol. The highest BCUT2D eigenvalue weighted by molar-refractivity contribution is 5.44. The van der Waals surface area contributed by atoms with E-state index >= 15 is 0 Å². The molecule has 108 valence electrons. The largest absolute Gasteiger partial charge is 0.328 e. The van der Waals surface area contributed by atoms with Crippen molar-refractivity contribution in [2.75, 3.05) is 0 Å². The molecule has 3 N–H and O–H groups in total. The van der Waals surface area contributed by atoms with Gasteiger partial charge in [-0.15, -0.1) is 0 Å². The van der Waals surface area contributed by atoms with Gasteiger partial charge in [-0.25, -0.2) is 0 Å². The topological polar surface area (TPSA) is 38.0 Å². The summed E-state index contributed by atoms with van der Waals surface area (Å²) in [5.74, 6) is 0. The van der Waals surface area contributed by atoms with Crippen LogP contribution in [0.5, 0.6) is 0 Å². The molecule has 0 bridgehead atoms. The van der Waals surface area contributed by atoms with Crippen LogP contribution in [0.15, 0.2) is 24.3 Å². The Morgan fingerprint density at radius 2 is 1.90 bits per heavy atom. The van der Waals surface area contributed by atoms with Crippen molar-refractivity contribution in [2.45, 2.75) is 74.9 Å². The summed E-state index contributed by atoms with van der Waals surface area (Å²) in [5, 5.41) is 3.96. The Morgan fingerprint density at radius 3 is 2.75 bits per heavy atom. The molecule has 4 rings (SSSR count). The van der Waals surface area contributed by atoms with Crippen molar-refractivity contribution in [3.63, 3.8) is 0 Å². The Bertz CT molecular complexity index is 490. The van der Waals surface area contributed by atoms with Gasteiger partial charge in [-0.05, 0) is 62.5 Å². The number of fused-ring (bicyclic) bond motifs is 2. The lowest BCUT2D eigenvalue weighted by Gasteiger charge is -2.30. The second kappa shape index (κ2) is 4.85. The smallest absolute Gasteiger partial charge is 0.0176 e. The Balaban J connectivity index is 1.47. The van der Waals surface area contributed by atoms with Crippen molar-refractivity contribution in [1.29, 1.82) is 0 Å². The Morgan fingerprint density at radius 1 is 1.10 bits per heavy atom. The van der Waals surface area contributed by atoms with Gasteiger partial charge in [0, 0.05) is 23.5 Å². The third kappa shape index (κ3) is 2.10. The van der Waals surface area contributed by atoms with E-state index in [-0.39, 0.29) is 0 Å². The Labute approximate surface area is 122 Å². The average molecular weight is 270 g/mol. The van der Waals surface area contributed by atoms with Crippen LogP contribution >= 0.6 is 0 Å². The van der Waals surface area contributed by atoms with E-state index in [2.05, 4.69) is 29.6 Å². The first-order valence-corrected chi connectivity index (χ1v) is 8.38. The van der Waals surface area contributed by atoms with Crippen LogP contribution in [-0.4, -0.2) is 18.1 Å². The zero-order chi connectivity index (χ0) is 13.6. The minimum Gasteiger partial charge on any atom is -0.328 e. The summed E-state index contributed by atoms with van der Waals surface area (Å²) in [4.78, 5) is 0. The molecule has 3 aliphatic rings. The Kier molecular flexibility index (Phi) is 3.12. The molecular formula is C18H26N2. The first kappa shape index (κ1) is 12.8. The summed E-state index contributed by atoms with van der Waals surface area (Å²) in [7, 11) is 0. The summed E-state index contributed by atoms with van der Waals surface area (Å²) in [6, 6.07) is 11.0. The first-order chi connectivity index (χ1) is 9.78. The number of nitrogens with one attached hydrogen (secondary N) is 1. The third-order valence-corrected chi connectivity index (χ3v) is 5.91. The van der Waals surface area contributed by atoms with Crippen molar-refractivity contribution in [1.82, 2.24) is 5.32 Å². The van der Waals surface area contributed by atoms with Crippen molar-refractivity contribution in [3.05, 3.63) is 35.4 Å². The van der Waals surface area contributed by atoms with Gasteiger partial charge < -0.3 is 11.1 Å². The second-order valence-corrected chi connectivity index (χ2v) is 7.20. The molecule has 2 atom stereocenters. The zero-order valence-electron chi connectivity index (χ0n) is 12.3. The van der Waals surface area contributed by atoms with Crippen LogP contribution in [0.25, 0.3) is 0 Å². The third-order valence-electron chi connectivity index (χ3n) is 5.91. The number of benzene rings is 1. The molecule has 3 aliphatic carbocycles. The quantitative estimate of drug-likeness (QED) is 0.867. The highest BCUT2D eigenvalue weighted by Crippen LogP contribution is 2.55. The molecular weight excluding hydrogens is 244 g/mol. The monoisotopic (exact) mass is 270 g/mol. The fourth-order valence-corrected chi connectivity index (χ4v) is 4.62. The summed E-state index contributed by atoms with van der Waals surface area (Å²) in [5.41, 5.74) is 9.75. The fraction of sp³-hybridized carbons (Fsp3) is 0.667. The molecule has 20 heavy (non-hydrogen) atoms. The van der Waals surface area contributed by atoms with E-state index in [1.807, 2.05) is 0 Å². The molecule has 0 amide bonds. The van der Waals surface area contributed by atoms with Gasteiger partial charge in [0.25, 0.3) is 0 Å². The van der Waals surface area contributed by atoms with Gasteiger partial charge in [0.1, 0.15) is 0 Å². The molecule has 0 unspecified atom stereocenters. The van der Waals surface area contributed by atoms with Crippen LogP contribution in [-0.2, 0) is 11.8 Å². The van der Waals surface area contributed by atoms with Crippen molar-refractivity contribution < 1.29 is 0 Å². The summed E-state index contributed by atoms with van der Waals surface area (Å²) in [6.45, 7) is 0.